The third kappa shape index (κ3) is 6.23. The molecule has 0 N–H and O–H groups in total. The molecule has 232 valence electrons. The van der Waals surface area contributed by atoms with Gasteiger partial charge in [0.2, 0.25) is 0 Å². The van der Waals surface area contributed by atoms with E-state index in [2.05, 4.69) is 201 Å². The monoisotopic (exact) mass is 645 g/mol. The summed E-state index contributed by atoms with van der Waals surface area (Å²) in [6, 6.07) is 72.0. The van der Waals surface area contributed by atoms with E-state index in [-0.39, 0.29) is 0 Å². The molecule has 0 amide bonds. The minimum atomic E-state index is -2.51. The molecule has 0 fully saturated rings. The Bertz CT molecular complexity index is 1680. The molecule has 0 aliphatic carbocycles. The Balaban J connectivity index is 1.42. The molecule has 0 bridgehead atoms. The van der Waals surface area contributed by atoms with Crippen molar-refractivity contribution in [3.8, 4) is 0 Å². The zero-order valence-electron chi connectivity index (χ0n) is 26.8. The first-order valence-corrected chi connectivity index (χ1v) is 20.9. The fourth-order valence-corrected chi connectivity index (χ4v) is 16.9. The van der Waals surface area contributed by atoms with Crippen LogP contribution in [0.25, 0.3) is 0 Å². The summed E-state index contributed by atoms with van der Waals surface area (Å²) in [5.41, 5.74) is 3.60. The van der Waals surface area contributed by atoms with Crippen molar-refractivity contribution in [1.29, 1.82) is 0 Å². The molecule has 47 heavy (non-hydrogen) atoms. The number of benzene rings is 6. The maximum absolute atomic E-state index is 5.29. The topological polar surface area (TPSA) is 12.9 Å². The van der Waals surface area contributed by atoms with Gasteiger partial charge in [0, 0.05) is 0 Å². The quantitative estimate of drug-likeness (QED) is 0.138. The molecule has 0 radical (unpaired) electrons. The number of hydrogen-bond donors (Lipinski definition) is 0. The molecule has 7 aromatic rings. The molecule has 1 aromatic heterocycles. The number of nitrogens with zero attached hydrogens (tertiary/aromatic N) is 1. The second-order valence-corrected chi connectivity index (χ2v) is 20.3. The van der Waals surface area contributed by atoms with Gasteiger partial charge in [0.1, 0.15) is 0 Å². The normalized spacial score (nSPS) is 12.4. The van der Waals surface area contributed by atoms with Crippen molar-refractivity contribution in [2.75, 3.05) is 0 Å². The first kappa shape index (κ1) is 31.0. The van der Waals surface area contributed by atoms with Crippen molar-refractivity contribution in [3.05, 3.63) is 211 Å². The minimum absolute atomic E-state index is 0.885. The summed E-state index contributed by atoms with van der Waals surface area (Å²) in [5.74, 6) is 0. The summed E-state index contributed by atoms with van der Waals surface area (Å²) in [7, 11) is -4.99. The van der Waals surface area contributed by atoms with Gasteiger partial charge < -0.3 is 0 Å². The van der Waals surface area contributed by atoms with Gasteiger partial charge in [0.05, 0.1) is 0 Å². The van der Waals surface area contributed by atoms with Crippen LogP contribution in [0.5, 0.6) is 0 Å². The molecule has 1 nitrogen and oxygen atoms in total. The predicted octanol–water partition coefficient (Wildman–Crippen LogP) is 7.84. The van der Waals surface area contributed by atoms with Crippen LogP contribution in [0.2, 0.25) is 0 Å². The van der Waals surface area contributed by atoms with Gasteiger partial charge in [-0.1, -0.05) is 0 Å². The third-order valence-electron chi connectivity index (χ3n) is 9.58. The summed E-state index contributed by atoms with van der Waals surface area (Å²) in [6.45, 7) is 2.17. The molecule has 1 heterocycles. The van der Waals surface area contributed by atoms with E-state index in [0.717, 1.165) is 18.0 Å². The maximum atomic E-state index is 5.29. The zero-order chi connectivity index (χ0) is 31.9. The van der Waals surface area contributed by atoms with Gasteiger partial charge in [-0.15, -0.1) is 0 Å². The Kier molecular flexibility index (Phi) is 9.21. The third-order valence-corrected chi connectivity index (χ3v) is 19.3. The summed E-state index contributed by atoms with van der Waals surface area (Å²) in [5, 5.41) is 8.50. The van der Waals surface area contributed by atoms with Crippen LogP contribution in [-0.2, 0) is 12.3 Å². The zero-order valence-corrected chi connectivity index (χ0v) is 28.8. The van der Waals surface area contributed by atoms with E-state index in [1.54, 1.807) is 0 Å². The standard InChI is InChI=1S/C44H41NP2/c1-36-32-37(34-46(39-20-8-2-9-21-39,40-22-10-3-11-23-40)41-24-12-4-13-25-41)33-38(45-36)35-47(42-26-14-5-15-27-42,43-28-16-6-17-29-43)44-30-18-7-19-31-44/h2-33,46-47H,34-35H2,1H3. The van der Waals surface area contributed by atoms with Crippen molar-refractivity contribution >= 4 is 46.4 Å². The fraction of sp³-hybridized carbons (Fsp3) is 0.0682. The van der Waals surface area contributed by atoms with Crippen LogP contribution in [0, 0.1) is 6.92 Å². The number of pyridine rings is 1. The number of aromatic nitrogens is 1. The summed E-state index contributed by atoms with van der Waals surface area (Å²) in [4.78, 5) is 5.29. The molecule has 0 saturated heterocycles. The molecule has 0 atom stereocenters. The Hall–Kier alpha value is -4.67. The Morgan fingerprint density at radius 1 is 0.362 bits per heavy atom. The van der Waals surface area contributed by atoms with Gasteiger partial charge in [0.15, 0.2) is 0 Å². The molecule has 0 saturated carbocycles. The van der Waals surface area contributed by atoms with Gasteiger partial charge in [-0.2, -0.15) is 0 Å². The van der Waals surface area contributed by atoms with Gasteiger partial charge in [0.25, 0.3) is 0 Å². The molecule has 0 aliphatic heterocycles. The van der Waals surface area contributed by atoms with Crippen molar-refractivity contribution in [2.45, 2.75) is 19.2 Å². The average Bonchev–Trinajstić information content (AvgIpc) is 3.15. The molecular formula is C44H41NP2. The van der Waals surface area contributed by atoms with Crippen LogP contribution in [0.3, 0.4) is 0 Å². The van der Waals surface area contributed by atoms with E-state index in [4.69, 9.17) is 4.98 Å². The number of aryl methyl sites for hydroxylation is 1. The van der Waals surface area contributed by atoms with E-state index in [0.29, 0.717) is 0 Å². The molecule has 6 aromatic carbocycles. The van der Waals surface area contributed by atoms with Crippen LogP contribution in [0.15, 0.2) is 194 Å². The van der Waals surface area contributed by atoms with Crippen molar-refractivity contribution in [2.24, 2.45) is 0 Å². The predicted molar refractivity (Wildman–Crippen MR) is 209 cm³/mol. The Morgan fingerprint density at radius 3 is 0.936 bits per heavy atom. The summed E-state index contributed by atoms with van der Waals surface area (Å²) >= 11 is 0. The average molecular weight is 646 g/mol. The van der Waals surface area contributed by atoms with Gasteiger partial charge >= 0.3 is 282 Å². The van der Waals surface area contributed by atoms with Crippen molar-refractivity contribution in [3.63, 3.8) is 0 Å². The first-order chi connectivity index (χ1) is 23.2. The van der Waals surface area contributed by atoms with Crippen LogP contribution >= 0.6 is 14.5 Å². The SMILES string of the molecule is Cc1cc(C[PH](c2ccccc2)(c2ccccc2)c2ccccc2)cc(C[PH](c2ccccc2)(c2ccccc2)c2ccccc2)n1. The van der Waals surface area contributed by atoms with Crippen LogP contribution in [-0.4, -0.2) is 4.98 Å². The second kappa shape index (κ2) is 14.0. The van der Waals surface area contributed by atoms with E-state index in [1.807, 2.05) is 0 Å². The second-order valence-electron chi connectivity index (χ2n) is 12.5. The van der Waals surface area contributed by atoms with Gasteiger partial charge in [-0.3, -0.25) is 0 Å². The van der Waals surface area contributed by atoms with E-state index < -0.39 is 14.5 Å². The summed E-state index contributed by atoms with van der Waals surface area (Å²) < 4.78 is 0. The number of hydrogen-bond acceptors (Lipinski definition) is 1. The van der Waals surface area contributed by atoms with E-state index in [1.165, 1.54) is 43.1 Å². The van der Waals surface area contributed by atoms with Crippen LogP contribution in [0.1, 0.15) is 17.0 Å². The first-order valence-electron chi connectivity index (χ1n) is 16.5. The Morgan fingerprint density at radius 2 is 0.638 bits per heavy atom. The van der Waals surface area contributed by atoms with Crippen LogP contribution in [0.4, 0.5) is 0 Å². The van der Waals surface area contributed by atoms with E-state index in [9.17, 15) is 0 Å². The van der Waals surface area contributed by atoms with Crippen molar-refractivity contribution in [1.82, 2.24) is 4.98 Å². The molecule has 0 unspecified atom stereocenters. The van der Waals surface area contributed by atoms with Crippen LogP contribution < -0.4 is 31.8 Å². The molecule has 3 heteroatoms. The molecule has 0 spiro atoms. The van der Waals surface area contributed by atoms with E-state index >= 15 is 0 Å². The Labute approximate surface area is 280 Å². The molecule has 7 rings (SSSR count). The fourth-order valence-electron chi connectivity index (χ4n) is 7.53. The van der Waals surface area contributed by atoms with Crippen molar-refractivity contribution < 1.29 is 0 Å². The van der Waals surface area contributed by atoms with Gasteiger partial charge in [-0.05, 0) is 0 Å². The molecule has 0 aliphatic rings. The van der Waals surface area contributed by atoms with Gasteiger partial charge in [-0.25, -0.2) is 0 Å². The summed E-state index contributed by atoms with van der Waals surface area (Å²) in [6.07, 6.45) is 1.84. The number of rotatable bonds is 10. The molecular weight excluding hydrogens is 604 g/mol.